The van der Waals surface area contributed by atoms with Crippen LogP contribution in [0.25, 0.3) is 0 Å². The van der Waals surface area contributed by atoms with E-state index in [0.717, 1.165) is 25.7 Å². The Hall–Kier alpha value is -2.24. The largest absolute Gasteiger partial charge is 0.368 e. The second kappa shape index (κ2) is 6.58. The van der Waals surface area contributed by atoms with Gasteiger partial charge in [-0.25, -0.2) is 15.4 Å². The second-order valence-corrected chi connectivity index (χ2v) is 6.93. The van der Waals surface area contributed by atoms with Gasteiger partial charge in [0, 0.05) is 36.6 Å². The molecular formula is C17H21FN6O. The molecule has 0 spiro atoms. The minimum absolute atomic E-state index is 0.00946. The third kappa shape index (κ3) is 2.94. The van der Waals surface area contributed by atoms with Gasteiger partial charge >= 0.3 is 0 Å². The molecule has 0 bridgehead atoms. The first-order chi connectivity index (χ1) is 12.2. The zero-order chi connectivity index (χ0) is 17.4. The van der Waals surface area contributed by atoms with Gasteiger partial charge in [-0.15, -0.1) is 0 Å². The van der Waals surface area contributed by atoms with Gasteiger partial charge in [-0.3, -0.25) is 4.79 Å². The molecule has 1 saturated carbocycles. The lowest BCUT2D eigenvalue weighted by molar-refractivity contribution is -0.128. The number of anilines is 1. The molecule has 1 aliphatic carbocycles. The Labute approximate surface area is 145 Å². The molecule has 4 rings (SSSR count). The van der Waals surface area contributed by atoms with Crippen LogP contribution >= 0.6 is 0 Å². The van der Waals surface area contributed by atoms with E-state index in [1.807, 2.05) is 0 Å². The zero-order valence-electron chi connectivity index (χ0n) is 13.8. The quantitative estimate of drug-likeness (QED) is 0.708. The smallest absolute Gasteiger partial charge is 0.228 e. The number of hydrogen-bond acceptors (Lipinski definition) is 6. The van der Waals surface area contributed by atoms with Crippen molar-refractivity contribution in [1.82, 2.24) is 20.7 Å². The first kappa shape index (κ1) is 16.2. The third-order valence-corrected chi connectivity index (χ3v) is 5.51. The molecule has 25 heavy (non-hydrogen) atoms. The average Bonchev–Trinajstić information content (AvgIpc) is 3.20. The van der Waals surface area contributed by atoms with Crippen LogP contribution in [0.5, 0.6) is 0 Å². The molecule has 3 aliphatic rings. The van der Waals surface area contributed by atoms with E-state index in [2.05, 4.69) is 32.1 Å². The molecule has 0 radical (unpaired) electrons. The molecule has 3 N–H and O–H groups in total. The summed E-state index contributed by atoms with van der Waals surface area (Å²) >= 11 is 0. The summed E-state index contributed by atoms with van der Waals surface area (Å²) in [5.74, 6) is -0.880. The molecule has 3 heterocycles. The molecule has 1 amide bonds. The first-order valence-electron chi connectivity index (χ1n) is 8.77. The van der Waals surface area contributed by atoms with Crippen LogP contribution < -0.4 is 16.1 Å². The van der Waals surface area contributed by atoms with Gasteiger partial charge in [0.05, 0.1) is 17.9 Å². The Morgan fingerprint density at radius 1 is 1.36 bits per heavy atom. The van der Waals surface area contributed by atoms with Crippen molar-refractivity contribution in [1.29, 1.82) is 5.26 Å². The molecule has 7 nitrogen and oxygen atoms in total. The van der Waals surface area contributed by atoms with Crippen LogP contribution in [0, 0.1) is 29.1 Å². The summed E-state index contributed by atoms with van der Waals surface area (Å²) in [5, 5.41) is 17.7. The van der Waals surface area contributed by atoms with Crippen LogP contribution in [0.4, 0.5) is 10.1 Å². The lowest BCUT2D eigenvalue weighted by Crippen LogP contribution is -2.52. The van der Waals surface area contributed by atoms with Gasteiger partial charge in [0.1, 0.15) is 6.17 Å². The van der Waals surface area contributed by atoms with Crippen LogP contribution in [-0.4, -0.2) is 40.7 Å². The van der Waals surface area contributed by atoms with Gasteiger partial charge in [0.2, 0.25) is 11.9 Å². The first-order valence-corrected chi connectivity index (χ1v) is 8.77. The molecule has 0 aromatic carbocycles. The zero-order valence-corrected chi connectivity index (χ0v) is 13.8. The number of piperidine rings is 1. The predicted molar refractivity (Wildman–Crippen MR) is 88.2 cm³/mol. The third-order valence-electron chi connectivity index (χ3n) is 5.51. The summed E-state index contributed by atoms with van der Waals surface area (Å²) in [4.78, 5) is 16.0. The number of aromatic nitrogens is 1. The summed E-state index contributed by atoms with van der Waals surface area (Å²) in [6.45, 7) is 0.638. The number of fused-ring (bicyclic) bond motifs is 1. The lowest BCUT2D eigenvalue weighted by Gasteiger charge is -2.35. The summed E-state index contributed by atoms with van der Waals surface area (Å²) in [7, 11) is 0. The fraction of sp³-hybridized carbons (Fsp3) is 0.588. The number of halogens is 1. The number of carbonyl (C=O) groups is 1. The van der Waals surface area contributed by atoms with Crippen molar-refractivity contribution in [3.8, 4) is 6.07 Å². The van der Waals surface area contributed by atoms with E-state index in [-0.39, 0.29) is 36.0 Å². The molecule has 8 heteroatoms. The maximum Gasteiger partial charge on any atom is 0.228 e. The van der Waals surface area contributed by atoms with Gasteiger partial charge in [-0.2, -0.15) is 9.65 Å². The molecule has 3 fully saturated rings. The highest BCUT2D eigenvalue weighted by Crippen LogP contribution is 2.37. The van der Waals surface area contributed by atoms with E-state index in [9.17, 15) is 14.4 Å². The highest BCUT2D eigenvalue weighted by Gasteiger charge is 2.51. The summed E-state index contributed by atoms with van der Waals surface area (Å²) in [6.07, 6.45) is 4.76. The SMILES string of the molecule is N#C[C@@H]1CCCC1N1NC(Nc2ccnc(F)c2)C2C(=O)NCCC21. The van der Waals surface area contributed by atoms with Crippen molar-refractivity contribution in [2.24, 2.45) is 11.8 Å². The van der Waals surface area contributed by atoms with Gasteiger partial charge in [-0.05, 0) is 25.3 Å². The Morgan fingerprint density at radius 2 is 2.24 bits per heavy atom. The molecule has 5 atom stereocenters. The topological polar surface area (TPSA) is 93.1 Å². The number of pyridine rings is 1. The number of hydrazine groups is 1. The van der Waals surface area contributed by atoms with Crippen LogP contribution in [0.15, 0.2) is 18.3 Å². The maximum atomic E-state index is 13.4. The minimum atomic E-state index is -0.565. The van der Waals surface area contributed by atoms with Crippen molar-refractivity contribution in [3.05, 3.63) is 24.3 Å². The Bertz CT molecular complexity index is 707. The molecular weight excluding hydrogens is 323 g/mol. The summed E-state index contributed by atoms with van der Waals surface area (Å²) < 4.78 is 13.4. The number of amides is 1. The summed E-state index contributed by atoms with van der Waals surface area (Å²) in [5.41, 5.74) is 3.98. The van der Waals surface area contributed by atoms with Crippen molar-refractivity contribution in [2.75, 3.05) is 11.9 Å². The Balaban J connectivity index is 1.59. The number of nitriles is 1. The van der Waals surface area contributed by atoms with Crippen LogP contribution in [0.1, 0.15) is 25.7 Å². The van der Waals surface area contributed by atoms with E-state index < -0.39 is 5.95 Å². The molecule has 1 aromatic rings. The fourth-order valence-electron chi connectivity index (χ4n) is 4.40. The van der Waals surface area contributed by atoms with Crippen LogP contribution in [0.2, 0.25) is 0 Å². The van der Waals surface area contributed by atoms with Crippen LogP contribution in [-0.2, 0) is 4.79 Å². The van der Waals surface area contributed by atoms with Crippen molar-refractivity contribution < 1.29 is 9.18 Å². The van der Waals surface area contributed by atoms with Crippen molar-refractivity contribution >= 4 is 11.6 Å². The molecule has 132 valence electrons. The van der Waals surface area contributed by atoms with Gasteiger partial charge in [0.15, 0.2) is 0 Å². The minimum Gasteiger partial charge on any atom is -0.368 e. The molecule has 2 aliphatic heterocycles. The van der Waals surface area contributed by atoms with Crippen molar-refractivity contribution in [3.63, 3.8) is 0 Å². The van der Waals surface area contributed by atoms with E-state index >= 15 is 0 Å². The summed E-state index contributed by atoms with van der Waals surface area (Å²) in [6, 6.07) is 5.55. The predicted octanol–water partition coefficient (Wildman–Crippen LogP) is 0.976. The fourth-order valence-corrected chi connectivity index (χ4v) is 4.40. The number of nitrogens with one attached hydrogen (secondary N) is 3. The van der Waals surface area contributed by atoms with Gasteiger partial charge in [0.25, 0.3) is 0 Å². The monoisotopic (exact) mass is 344 g/mol. The Morgan fingerprint density at radius 3 is 3.04 bits per heavy atom. The number of carbonyl (C=O) groups excluding carboxylic acids is 1. The normalized spacial score (nSPS) is 35.0. The van der Waals surface area contributed by atoms with E-state index in [1.165, 1.54) is 12.3 Å². The van der Waals surface area contributed by atoms with Crippen molar-refractivity contribution in [2.45, 2.75) is 43.9 Å². The number of hydrogen-bond donors (Lipinski definition) is 3. The van der Waals surface area contributed by atoms with Crippen LogP contribution in [0.3, 0.4) is 0 Å². The lowest BCUT2D eigenvalue weighted by atomic mass is 9.90. The molecule has 4 unspecified atom stereocenters. The number of nitrogens with zero attached hydrogens (tertiary/aromatic N) is 3. The second-order valence-electron chi connectivity index (χ2n) is 6.93. The molecule has 2 saturated heterocycles. The molecule has 1 aromatic heterocycles. The average molecular weight is 344 g/mol. The van der Waals surface area contributed by atoms with Gasteiger partial charge < -0.3 is 10.6 Å². The highest BCUT2D eigenvalue weighted by atomic mass is 19.1. The standard InChI is InChI=1S/C17H21FN6O/c18-14-8-11(4-6-20-14)22-16-15-13(5-7-21-17(15)25)24(23-16)12-3-1-2-10(12)9-19/h4,6,8,10,12-13,15-16,23H,1-3,5,7H2,(H,20,22)(H,21,25)/t10-,12?,13?,15?,16?/m0/s1. The van der Waals surface area contributed by atoms with Gasteiger partial charge in [-0.1, -0.05) is 6.42 Å². The van der Waals surface area contributed by atoms with E-state index in [0.29, 0.717) is 12.2 Å². The Kier molecular flexibility index (Phi) is 4.27. The number of rotatable bonds is 3. The van der Waals surface area contributed by atoms with E-state index in [4.69, 9.17) is 0 Å². The highest BCUT2D eigenvalue weighted by molar-refractivity contribution is 5.82. The van der Waals surface area contributed by atoms with E-state index in [1.54, 1.807) is 6.07 Å². The maximum absolute atomic E-state index is 13.4.